The molecule has 1 aliphatic heterocycles. The zero-order chi connectivity index (χ0) is 12.3. The van der Waals surface area contributed by atoms with Gasteiger partial charge in [-0.05, 0) is 24.3 Å². The van der Waals surface area contributed by atoms with E-state index in [9.17, 15) is 9.59 Å². The molecule has 0 bridgehead atoms. The van der Waals surface area contributed by atoms with Crippen LogP contribution >= 0.6 is 0 Å². The van der Waals surface area contributed by atoms with Crippen molar-refractivity contribution in [1.29, 1.82) is 0 Å². The maximum absolute atomic E-state index is 11.2. The highest BCUT2D eigenvalue weighted by Gasteiger charge is 2.22. The number of benzene rings is 1. The third kappa shape index (κ3) is 2.63. The van der Waals surface area contributed by atoms with Crippen molar-refractivity contribution in [3.8, 4) is 5.75 Å². The van der Waals surface area contributed by atoms with E-state index in [1.54, 1.807) is 24.3 Å². The Hall–Kier alpha value is -2.30. The molecule has 2 N–H and O–H groups in total. The van der Waals surface area contributed by atoms with Crippen LogP contribution in [0.25, 0.3) is 0 Å². The number of rotatable bonds is 4. The lowest BCUT2D eigenvalue weighted by atomic mass is 10.3. The van der Waals surface area contributed by atoms with Gasteiger partial charge in [-0.25, -0.2) is 0 Å². The summed E-state index contributed by atoms with van der Waals surface area (Å²) in [7, 11) is 0. The first kappa shape index (κ1) is 11.2. The molecule has 0 radical (unpaired) electrons. The van der Waals surface area contributed by atoms with Crippen LogP contribution < -0.4 is 10.5 Å². The Morgan fingerprint density at radius 2 is 1.65 bits per heavy atom. The van der Waals surface area contributed by atoms with Gasteiger partial charge in [0, 0.05) is 17.8 Å². The lowest BCUT2D eigenvalue weighted by Gasteiger charge is -2.14. The molecule has 1 aromatic rings. The zero-order valence-electron chi connectivity index (χ0n) is 9.13. The van der Waals surface area contributed by atoms with Crippen molar-refractivity contribution in [2.24, 2.45) is 0 Å². The Kier molecular flexibility index (Phi) is 3.09. The molecule has 5 nitrogen and oxygen atoms in total. The molecular formula is C12H12N2O3. The van der Waals surface area contributed by atoms with Gasteiger partial charge in [-0.3, -0.25) is 14.5 Å². The van der Waals surface area contributed by atoms with Gasteiger partial charge in [-0.2, -0.15) is 0 Å². The van der Waals surface area contributed by atoms with Gasteiger partial charge in [0.05, 0.1) is 6.54 Å². The summed E-state index contributed by atoms with van der Waals surface area (Å²) < 4.78 is 5.39. The van der Waals surface area contributed by atoms with E-state index < -0.39 is 0 Å². The first-order chi connectivity index (χ1) is 8.16. The van der Waals surface area contributed by atoms with Crippen LogP contribution in [0.15, 0.2) is 36.4 Å². The summed E-state index contributed by atoms with van der Waals surface area (Å²) in [6.45, 7) is 0.512. The summed E-state index contributed by atoms with van der Waals surface area (Å²) in [4.78, 5) is 23.6. The summed E-state index contributed by atoms with van der Waals surface area (Å²) >= 11 is 0. The van der Waals surface area contributed by atoms with Crippen LogP contribution in [0.5, 0.6) is 5.75 Å². The van der Waals surface area contributed by atoms with Gasteiger partial charge in [0.15, 0.2) is 0 Å². The number of hydrogen-bond acceptors (Lipinski definition) is 4. The normalized spacial score (nSPS) is 14.5. The third-order valence-corrected chi connectivity index (χ3v) is 2.36. The van der Waals surface area contributed by atoms with Crippen molar-refractivity contribution in [3.63, 3.8) is 0 Å². The standard InChI is InChI=1S/C12H12N2O3/c13-9-1-3-10(4-2-9)17-8-7-14-11(15)5-6-12(14)16/h1-6H,7-8,13H2. The summed E-state index contributed by atoms with van der Waals surface area (Å²) in [5.41, 5.74) is 6.19. The highest BCUT2D eigenvalue weighted by atomic mass is 16.5. The topological polar surface area (TPSA) is 72.6 Å². The van der Waals surface area contributed by atoms with Crippen LogP contribution in [-0.2, 0) is 9.59 Å². The van der Waals surface area contributed by atoms with E-state index in [1.807, 2.05) is 0 Å². The van der Waals surface area contributed by atoms with Crippen LogP contribution in [0.2, 0.25) is 0 Å². The van der Waals surface area contributed by atoms with Crippen molar-refractivity contribution in [2.75, 3.05) is 18.9 Å². The molecule has 1 aliphatic rings. The number of nitrogen functional groups attached to an aromatic ring is 1. The van der Waals surface area contributed by atoms with E-state index in [1.165, 1.54) is 12.2 Å². The Morgan fingerprint density at radius 1 is 1.06 bits per heavy atom. The number of hydrogen-bond donors (Lipinski definition) is 1. The fourth-order valence-corrected chi connectivity index (χ4v) is 1.47. The largest absolute Gasteiger partial charge is 0.492 e. The molecule has 0 unspecified atom stereocenters. The van der Waals surface area contributed by atoms with Crippen molar-refractivity contribution < 1.29 is 14.3 Å². The SMILES string of the molecule is Nc1ccc(OCCN2C(=O)C=CC2=O)cc1. The molecule has 0 aliphatic carbocycles. The number of carbonyl (C=O) groups excluding carboxylic acids is 2. The molecule has 0 saturated carbocycles. The minimum atomic E-state index is -0.295. The van der Waals surface area contributed by atoms with Crippen molar-refractivity contribution in [1.82, 2.24) is 4.90 Å². The summed E-state index contributed by atoms with van der Waals surface area (Å²) in [5.74, 6) is 0.0677. The number of anilines is 1. The third-order valence-electron chi connectivity index (χ3n) is 2.36. The fourth-order valence-electron chi connectivity index (χ4n) is 1.47. The second-order valence-electron chi connectivity index (χ2n) is 3.58. The van der Waals surface area contributed by atoms with Gasteiger partial charge >= 0.3 is 0 Å². The molecule has 1 aromatic carbocycles. The molecule has 2 amide bonds. The number of nitrogens with two attached hydrogens (primary N) is 1. The molecule has 5 heteroatoms. The zero-order valence-corrected chi connectivity index (χ0v) is 9.13. The van der Waals surface area contributed by atoms with Gasteiger partial charge in [0.25, 0.3) is 11.8 Å². The van der Waals surface area contributed by atoms with E-state index >= 15 is 0 Å². The molecule has 0 spiro atoms. The number of carbonyl (C=O) groups is 2. The van der Waals surface area contributed by atoms with E-state index in [-0.39, 0.29) is 25.0 Å². The lowest BCUT2D eigenvalue weighted by molar-refractivity contribution is -0.137. The lowest BCUT2D eigenvalue weighted by Crippen LogP contribution is -2.33. The van der Waals surface area contributed by atoms with Crippen LogP contribution in [-0.4, -0.2) is 29.9 Å². The second-order valence-corrected chi connectivity index (χ2v) is 3.58. The minimum absolute atomic E-state index is 0.245. The monoisotopic (exact) mass is 232 g/mol. The van der Waals surface area contributed by atoms with Crippen molar-refractivity contribution in [2.45, 2.75) is 0 Å². The molecule has 0 saturated heterocycles. The first-order valence-corrected chi connectivity index (χ1v) is 5.19. The summed E-state index contributed by atoms with van der Waals surface area (Å²) in [5, 5.41) is 0. The molecular weight excluding hydrogens is 220 g/mol. The minimum Gasteiger partial charge on any atom is -0.492 e. The molecule has 0 aromatic heterocycles. The predicted octanol–water partition coefficient (Wildman–Crippen LogP) is 0.573. The van der Waals surface area contributed by atoms with Crippen LogP contribution in [0.1, 0.15) is 0 Å². The molecule has 1 heterocycles. The van der Waals surface area contributed by atoms with Gasteiger partial charge in [-0.15, -0.1) is 0 Å². The van der Waals surface area contributed by atoms with Crippen LogP contribution in [0.3, 0.4) is 0 Å². The Bertz CT molecular complexity index is 447. The molecule has 88 valence electrons. The Labute approximate surface area is 98.5 Å². The molecule has 2 rings (SSSR count). The molecule has 0 fully saturated rings. The number of nitrogens with zero attached hydrogens (tertiary/aromatic N) is 1. The maximum atomic E-state index is 11.2. The highest BCUT2D eigenvalue weighted by Crippen LogP contribution is 2.13. The van der Waals surface area contributed by atoms with E-state index in [0.29, 0.717) is 11.4 Å². The quantitative estimate of drug-likeness (QED) is 0.608. The average molecular weight is 232 g/mol. The van der Waals surface area contributed by atoms with Gasteiger partial charge in [0.1, 0.15) is 12.4 Å². The molecule has 17 heavy (non-hydrogen) atoms. The highest BCUT2D eigenvalue weighted by molar-refractivity contribution is 6.12. The fraction of sp³-hybridized carbons (Fsp3) is 0.167. The summed E-state index contributed by atoms with van der Waals surface area (Å²) in [6.07, 6.45) is 2.51. The Balaban J connectivity index is 1.82. The predicted molar refractivity (Wildman–Crippen MR) is 62.2 cm³/mol. The van der Waals surface area contributed by atoms with Gasteiger partial charge in [-0.1, -0.05) is 0 Å². The Morgan fingerprint density at radius 3 is 2.24 bits per heavy atom. The molecule has 0 atom stereocenters. The van der Waals surface area contributed by atoms with Crippen molar-refractivity contribution in [3.05, 3.63) is 36.4 Å². The average Bonchev–Trinajstić information content (AvgIpc) is 2.63. The maximum Gasteiger partial charge on any atom is 0.253 e. The number of ether oxygens (including phenoxy) is 1. The van der Waals surface area contributed by atoms with Gasteiger partial charge < -0.3 is 10.5 Å². The van der Waals surface area contributed by atoms with Crippen molar-refractivity contribution >= 4 is 17.5 Å². The first-order valence-electron chi connectivity index (χ1n) is 5.19. The number of imide groups is 1. The number of amides is 2. The smallest absolute Gasteiger partial charge is 0.253 e. The van der Waals surface area contributed by atoms with E-state index in [4.69, 9.17) is 10.5 Å². The van der Waals surface area contributed by atoms with Gasteiger partial charge in [0.2, 0.25) is 0 Å². The van der Waals surface area contributed by atoms with Crippen LogP contribution in [0, 0.1) is 0 Å². The van der Waals surface area contributed by atoms with E-state index in [0.717, 1.165) is 4.90 Å². The second kappa shape index (κ2) is 4.69. The summed E-state index contributed by atoms with van der Waals surface area (Å²) in [6, 6.07) is 6.93. The van der Waals surface area contributed by atoms with Crippen LogP contribution in [0.4, 0.5) is 5.69 Å². The van der Waals surface area contributed by atoms with E-state index in [2.05, 4.69) is 0 Å².